The smallest absolute Gasteiger partial charge is 0.329 e. The Morgan fingerprint density at radius 2 is 1.97 bits per heavy atom. The van der Waals surface area contributed by atoms with E-state index >= 15 is 0 Å². The van der Waals surface area contributed by atoms with Crippen LogP contribution in [0, 0.1) is 0 Å². The molecule has 1 amide bonds. The molecule has 0 aromatic carbocycles. The number of amides is 1. The number of aryl methyl sites for hydroxylation is 1. The Morgan fingerprint density at radius 3 is 2.57 bits per heavy atom. The molecular formula is C19H20F4N6O. The Bertz CT molecular complexity index is 975. The van der Waals surface area contributed by atoms with Gasteiger partial charge in [0.25, 0.3) is 0 Å². The summed E-state index contributed by atoms with van der Waals surface area (Å²) in [7, 11) is 1.71. The molecule has 2 aliphatic heterocycles. The van der Waals surface area contributed by atoms with Gasteiger partial charge in [-0.2, -0.15) is 22.7 Å². The molecule has 0 bridgehead atoms. The summed E-state index contributed by atoms with van der Waals surface area (Å²) < 4.78 is 56.2. The standard InChI is InChI=1S/C19H20F4N6O/c1-3-15(30)28-7-4-12(9-28)16-17(13-5-6-27(2)26-13)25-14(8-24-16)29-10-18(20,21)19(22,23)11-29/h3,5-6,8,12H,1,4,7,9-11H2,2H3. The van der Waals surface area contributed by atoms with Crippen LogP contribution in [-0.2, 0) is 11.8 Å². The summed E-state index contributed by atoms with van der Waals surface area (Å²) in [6, 6.07) is 1.69. The Morgan fingerprint density at radius 1 is 1.27 bits per heavy atom. The molecule has 0 radical (unpaired) electrons. The lowest BCUT2D eigenvalue weighted by Crippen LogP contribution is -2.38. The number of carbonyl (C=O) groups excluding carboxylic acids is 1. The van der Waals surface area contributed by atoms with Gasteiger partial charge in [-0.25, -0.2) is 4.98 Å². The van der Waals surface area contributed by atoms with E-state index in [-0.39, 0.29) is 17.6 Å². The topological polar surface area (TPSA) is 67.2 Å². The maximum absolute atomic E-state index is 13.7. The molecule has 2 saturated heterocycles. The van der Waals surface area contributed by atoms with Crippen LogP contribution in [0.2, 0.25) is 0 Å². The van der Waals surface area contributed by atoms with Gasteiger partial charge in [0, 0.05) is 32.3 Å². The van der Waals surface area contributed by atoms with Gasteiger partial charge in [0.15, 0.2) is 0 Å². The molecule has 0 saturated carbocycles. The van der Waals surface area contributed by atoms with Gasteiger partial charge in [0.2, 0.25) is 5.91 Å². The van der Waals surface area contributed by atoms with Gasteiger partial charge >= 0.3 is 11.8 Å². The first-order valence-corrected chi connectivity index (χ1v) is 9.40. The van der Waals surface area contributed by atoms with Crippen LogP contribution in [0.15, 0.2) is 31.1 Å². The fraction of sp³-hybridized carbons (Fsp3) is 0.474. The molecule has 1 atom stereocenters. The van der Waals surface area contributed by atoms with Crippen LogP contribution in [0.3, 0.4) is 0 Å². The molecule has 11 heteroatoms. The van der Waals surface area contributed by atoms with Crippen molar-refractivity contribution in [3.05, 3.63) is 36.8 Å². The summed E-state index contributed by atoms with van der Waals surface area (Å²) >= 11 is 0. The van der Waals surface area contributed by atoms with E-state index in [9.17, 15) is 22.4 Å². The minimum atomic E-state index is -4.14. The summed E-state index contributed by atoms with van der Waals surface area (Å²) in [5.41, 5.74) is 1.34. The van der Waals surface area contributed by atoms with E-state index in [0.29, 0.717) is 36.6 Å². The van der Waals surface area contributed by atoms with Crippen molar-refractivity contribution in [2.24, 2.45) is 7.05 Å². The van der Waals surface area contributed by atoms with Crippen LogP contribution < -0.4 is 4.90 Å². The number of aromatic nitrogens is 4. The summed E-state index contributed by atoms with van der Waals surface area (Å²) in [5, 5.41) is 4.31. The average Bonchev–Trinajstić information content (AvgIpc) is 3.39. The quantitative estimate of drug-likeness (QED) is 0.557. The minimum absolute atomic E-state index is 0.0618. The number of nitrogens with zero attached hydrogens (tertiary/aromatic N) is 6. The predicted molar refractivity (Wildman–Crippen MR) is 100 cm³/mol. The monoisotopic (exact) mass is 424 g/mol. The summed E-state index contributed by atoms with van der Waals surface area (Å²) in [6.45, 7) is 2.13. The summed E-state index contributed by atoms with van der Waals surface area (Å²) in [5.74, 6) is -8.68. The number of anilines is 1. The molecule has 7 nitrogen and oxygen atoms in total. The highest BCUT2D eigenvalue weighted by Crippen LogP contribution is 2.43. The molecule has 0 N–H and O–H groups in total. The lowest BCUT2D eigenvalue weighted by molar-refractivity contribution is -0.172. The normalized spacial score (nSPS) is 22.5. The first kappa shape index (κ1) is 20.3. The van der Waals surface area contributed by atoms with Gasteiger partial charge in [-0.15, -0.1) is 0 Å². The van der Waals surface area contributed by atoms with E-state index < -0.39 is 24.9 Å². The second-order valence-corrected chi connectivity index (χ2v) is 7.58. The molecule has 4 heterocycles. The number of alkyl halides is 4. The third kappa shape index (κ3) is 3.41. The molecular weight excluding hydrogens is 404 g/mol. The Labute approximate surface area is 170 Å². The van der Waals surface area contributed by atoms with Crippen molar-refractivity contribution in [1.82, 2.24) is 24.6 Å². The van der Waals surface area contributed by atoms with E-state index in [1.165, 1.54) is 12.3 Å². The molecule has 30 heavy (non-hydrogen) atoms. The van der Waals surface area contributed by atoms with E-state index in [1.807, 2.05) is 0 Å². The van der Waals surface area contributed by atoms with Gasteiger partial charge < -0.3 is 9.80 Å². The van der Waals surface area contributed by atoms with Gasteiger partial charge in [-0.3, -0.25) is 14.5 Å². The van der Waals surface area contributed by atoms with E-state index in [4.69, 9.17) is 0 Å². The molecule has 0 aliphatic carbocycles. The van der Waals surface area contributed by atoms with E-state index in [0.717, 1.165) is 4.90 Å². The van der Waals surface area contributed by atoms with E-state index in [1.54, 1.807) is 28.9 Å². The number of carbonyl (C=O) groups is 1. The number of rotatable bonds is 4. The number of hydrogen-bond acceptors (Lipinski definition) is 5. The minimum Gasteiger partial charge on any atom is -0.343 e. The van der Waals surface area contributed by atoms with Crippen LogP contribution in [0.25, 0.3) is 11.4 Å². The highest BCUT2D eigenvalue weighted by atomic mass is 19.3. The SMILES string of the molecule is C=CC(=O)N1CCC(c2ncc(N3CC(F)(F)C(F)(F)C3)nc2-c2ccn(C)n2)C1. The molecule has 4 rings (SSSR count). The lowest BCUT2D eigenvalue weighted by atomic mass is 10.0. The first-order chi connectivity index (χ1) is 14.1. The highest BCUT2D eigenvalue weighted by molar-refractivity contribution is 5.87. The summed E-state index contributed by atoms with van der Waals surface area (Å²) in [6.07, 6.45) is 4.79. The molecule has 2 aliphatic rings. The van der Waals surface area contributed by atoms with Crippen molar-refractivity contribution in [2.45, 2.75) is 24.2 Å². The maximum atomic E-state index is 13.7. The van der Waals surface area contributed by atoms with Crippen LogP contribution in [0.1, 0.15) is 18.0 Å². The fourth-order valence-electron chi connectivity index (χ4n) is 3.81. The van der Waals surface area contributed by atoms with Crippen molar-refractivity contribution < 1.29 is 22.4 Å². The van der Waals surface area contributed by atoms with Gasteiger partial charge in [0.1, 0.15) is 17.2 Å². The number of hydrogen-bond donors (Lipinski definition) is 0. The Hall–Kier alpha value is -2.98. The Balaban J connectivity index is 1.70. The predicted octanol–water partition coefficient (Wildman–Crippen LogP) is 2.47. The molecule has 2 aromatic heterocycles. The van der Waals surface area contributed by atoms with Crippen LogP contribution in [0.5, 0.6) is 0 Å². The van der Waals surface area contributed by atoms with Crippen LogP contribution in [-0.4, -0.2) is 68.6 Å². The summed E-state index contributed by atoms with van der Waals surface area (Å²) in [4.78, 5) is 23.2. The first-order valence-electron chi connectivity index (χ1n) is 9.40. The van der Waals surface area contributed by atoms with Crippen molar-refractivity contribution in [2.75, 3.05) is 31.1 Å². The van der Waals surface area contributed by atoms with Crippen molar-refractivity contribution in [3.8, 4) is 11.4 Å². The zero-order valence-corrected chi connectivity index (χ0v) is 16.2. The molecule has 1 unspecified atom stereocenters. The third-order valence-electron chi connectivity index (χ3n) is 5.44. The van der Waals surface area contributed by atoms with E-state index in [2.05, 4.69) is 21.6 Å². The van der Waals surface area contributed by atoms with Crippen LogP contribution >= 0.6 is 0 Å². The Kier molecular flexibility index (Phi) is 4.78. The molecule has 0 spiro atoms. The zero-order valence-electron chi connectivity index (χ0n) is 16.2. The van der Waals surface area contributed by atoms with Crippen molar-refractivity contribution >= 4 is 11.7 Å². The molecule has 160 valence electrons. The average molecular weight is 424 g/mol. The number of halogens is 4. The molecule has 2 aromatic rings. The lowest BCUT2D eigenvalue weighted by Gasteiger charge is -2.19. The van der Waals surface area contributed by atoms with Crippen LogP contribution in [0.4, 0.5) is 23.4 Å². The molecule has 2 fully saturated rings. The van der Waals surface area contributed by atoms with Crippen molar-refractivity contribution in [3.63, 3.8) is 0 Å². The third-order valence-corrected chi connectivity index (χ3v) is 5.44. The second-order valence-electron chi connectivity index (χ2n) is 7.58. The number of likely N-dealkylation sites (tertiary alicyclic amines) is 1. The highest BCUT2D eigenvalue weighted by Gasteiger charge is 2.63. The van der Waals surface area contributed by atoms with Gasteiger partial charge in [-0.1, -0.05) is 6.58 Å². The largest absolute Gasteiger partial charge is 0.343 e. The maximum Gasteiger partial charge on any atom is 0.329 e. The van der Waals surface area contributed by atoms with Gasteiger partial charge in [0.05, 0.1) is 25.0 Å². The second kappa shape index (κ2) is 7.06. The van der Waals surface area contributed by atoms with Gasteiger partial charge in [-0.05, 0) is 18.6 Å². The van der Waals surface area contributed by atoms with Crippen molar-refractivity contribution in [1.29, 1.82) is 0 Å². The fourth-order valence-corrected chi connectivity index (χ4v) is 3.81. The zero-order chi connectivity index (χ0) is 21.7.